The molecule has 0 aliphatic heterocycles. The lowest BCUT2D eigenvalue weighted by molar-refractivity contribution is 0.475. The SMILES string of the molecule is Oc1ccc(C=NNc2nccnc2Cl)cc1. The molecule has 0 saturated heterocycles. The van der Waals surface area contributed by atoms with E-state index in [1.54, 1.807) is 30.5 Å². The van der Waals surface area contributed by atoms with Gasteiger partial charge in [-0.25, -0.2) is 9.97 Å². The molecule has 2 N–H and O–H groups in total. The van der Waals surface area contributed by atoms with Gasteiger partial charge in [0.1, 0.15) is 5.75 Å². The molecular weight excluding hydrogens is 240 g/mol. The van der Waals surface area contributed by atoms with Crippen molar-refractivity contribution in [3.63, 3.8) is 0 Å². The minimum atomic E-state index is 0.215. The topological polar surface area (TPSA) is 70.4 Å². The number of nitrogens with one attached hydrogen (secondary N) is 1. The Morgan fingerprint density at radius 2 is 1.88 bits per heavy atom. The van der Waals surface area contributed by atoms with Gasteiger partial charge in [0.2, 0.25) is 0 Å². The van der Waals surface area contributed by atoms with E-state index in [1.165, 1.54) is 12.4 Å². The Kier molecular flexibility index (Phi) is 3.52. The maximum Gasteiger partial charge on any atom is 0.184 e. The molecule has 5 nitrogen and oxygen atoms in total. The van der Waals surface area contributed by atoms with Gasteiger partial charge in [0.05, 0.1) is 6.21 Å². The molecule has 1 aromatic carbocycles. The summed E-state index contributed by atoms with van der Waals surface area (Å²) in [5, 5.41) is 13.3. The third kappa shape index (κ3) is 3.15. The van der Waals surface area contributed by atoms with Gasteiger partial charge in [-0.3, -0.25) is 5.43 Å². The van der Waals surface area contributed by atoms with Crippen molar-refractivity contribution in [1.29, 1.82) is 0 Å². The smallest absolute Gasteiger partial charge is 0.184 e. The second-order valence-corrected chi connectivity index (χ2v) is 3.52. The highest BCUT2D eigenvalue weighted by atomic mass is 35.5. The van der Waals surface area contributed by atoms with Crippen LogP contribution in [-0.2, 0) is 0 Å². The fourth-order valence-electron chi connectivity index (χ4n) is 1.12. The Labute approximate surface area is 103 Å². The molecular formula is C11H9ClN4O. The summed E-state index contributed by atoms with van der Waals surface area (Å²) in [6, 6.07) is 6.63. The Bertz CT molecular complexity index is 527. The van der Waals surface area contributed by atoms with Gasteiger partial charge in [-0.15, -0.1) is 0 Å². The molecule has 0 saturated carbocycles. The summed E-state index contributed by atoms with van der Waals surface area (Å²) >= 11 is 5.78. The molecule has 0 fully saturated rings. The van der Waals surface area contributed by atoms with Crippen LogP contribution in [0.15, 0.2) is 41.8 Å². The maximum absolute atomic E-state index is 9.10. The highest BCUT2D eigenvalue weighted by Gasteiger charge is 1.98. The molecule has 0 amide bonds. The van der Waals surface area contributed by atoms with Gasteiger partial charge >= 0.3 is 0 Å². The lowest BCUT2D eigenvalue weighted by Gasteiger charge is -1.99. The van der Waals surface area contributed by atoms with Crippen molar-refractivity contribution in [2.24, 2.45) is 5.10 Å². The first-order valence-corrected chi connectivity index (χ1v) is 5.18. The third-order valence-corrected chi connectivity index (χ3v) is 2.21. The molecule has 2 rings (SSSR count). The van der Waals surface area contributed by atoms with Gasteiger partial charge in [-0.1, -0.05) is 11.6 Å². The van der Waals surface area contributed by atoms with E-state index in [-0.39, 0.29) is 10.9 Å². The van der Waals surface area contributed by atoms with Crippen LogP contribution in [0, 0.1) is 0 Å². The van der Waals surface area contributed by atoms with Crippen molar-refractivity contribution in [2.75, 3.05) is 5.43 Å². The number of benzene rings is 1. The number of anilines is 1. The van der Waals surface area contributed by atoms with Gasteiger partial charge in [0.25, 0.3) is 0 Å². The van der Waals surface area contributed by atoms with E-state index < -0.39 is 0 Å². The van der Waals surface area contributed by atoms with E-state index >= 15 is 0 Å². The zero-order chi connectivity index (χ0) is 12.1. The number of phenols is 1. The van der Waals surface area contributed by atoms with Crippen molar-refractivity contribution in [1.82, 2.24) is 9.97 Å². The van der Waals surface area contributed by atoms with Crippen LogP contribution in [0.25, 0.3) is 0 Å². The number of hydrazone groups is 1. The van der Waals surface area contributed by atoms with Crippen molar-refractivity contribution in [3.05, 3.63) is 47.4 Å². The molecule has 1 heterocycles. The molecule has 17 heavy (non-hydrogen) atoms. The quantitative estimate of drug-likeness (QED) is 0.646. The normalized spacial score (nSPS) is 10.6. The van der Waals surface area contributed by atoms with Crippen LogP contribution in [0.5, 0.6) is 5.75 Å². The fourth-order valence-corrected chi connectivity index (χ4v) is 1.27. The zero-order valence-electron chi connectivity index (χ0n) is 8.71. The molecule has 0 spiro atoms. The molecule has 0 bridgehead atoms. The van der Waals surface area contributed by atoms with Crippen LogP contribution in [0.4, 0.5) is 5.82 Å². The van der Waals surface area contributed by atoms with Crippen LogP contribution in [0.2, 0.25) is 5.15 Å². The number of nitrogens with zero attached hydrogens (tertiary/aromatic N) is 3. The molecule has 0 atom stereocenters. The van der Waals surface area contributed by atoms with Crippen LogP contribution in [0.3, 0.4) is 0 Å². The summed E-state index contributed by atoms with van der Waals surface area (Å²) in [6.07, 6.45) is 4.60. The van der Waals surface area contributed by atoms with Crippen molar-refractivity contribution < 1.29 is 5.11 Å². The van der Waals surface area contributed by atoms with E-state index in [1.807, 2.05) is 0 Å². The summed E-state index contributed by atoms with van der Waals surface area (Å²) in [5.74, 6) is 0.608. The number of aromatic hydroxyl groups is 1. The number of hydrogen-bond donors (Lipinski definition) is 2. The second-order valence-electron chi connectivity index (χ2n) is 3.16. The molecule has 86 valence electrons. The summed E-state index contributed by atoms with van der Waals surface area (Å²) < 4.78 is 0. The Morgan fingerprint density at radius 1 is 1.18 bits per heavy atom. The zero-order valence-corrected chi connectivity index (χ0v) is 9.46. The maximum atomic E-state index is 9.10. The number of aromatic nitrogens is 2. The number of rotatable bonds is 3. The average Bonchev–Trinajstić information content (AvgIpc) is 2.34. The first-order chi connectivity index (χ1) is 8.25. The highest BCUT2D eigenvalue weighted by Crippen LogP contribution is 2.13. The summed E-state index contributed by atoms with van der Waals surface area (Å²) in [6.45, 7) is 0. The van der Waals surface area contributed by atoms with E-state index in [4.69, 9.17) is 16.7 Å². The Morgan fingerprint density at radius 3 is 2.59 bits per heavy atom. The van der Waals surface area contributed by atoms with Crippen LogP contribution in [-0.4, -0.2) is 21.3 Å². The number of halogens is 1. The van der Waals surface area contributed by atoms with E-state index in [2.05, 4.69) is 20.5 Å². The van der Waals surface area contributed by atoms with Crippen LogP contribution < -0.4 is 5.43 Å². The molecule has 6 heteroatoms. The van der Waals surface area contributed by atoms with Gasteiger partial charge in [0.15, 0.2) is 11.0 Å². The molecule has 0 aliphatic rings. The highest BCUT2D eigenvalue weighted by molar-refractivity contribution is 6.31. The first kappa shape index (κ1) is 11.3. The minimum absolute atomic E-state index is 0.215. The lowest BCUT2D eigenvalue weighted by Crippen LogP contribution is -1.95. The van der Waals surface area contributed by atoms with E-state index in [0.29, 0.717) is 5.82 Å². The second kappa shape index (κ2) is 5.27. The van der Waals surface area contributed by atoms with E-state index in [0.717, 1.165) is 5.56 Å². The molecule has 2 aromatic rings. The fraction of sp³-hybridized carbons (Fsp3) is 0. The predicted molar refractivity (Wildman–Crippen MR) is 66.4 cm³/mol. The predicted octanol–water partition coefficient (Wildman–Crippen LogP) is 2.28. The monoisotopic (exact) mass is 248 g/mol. The largest absolute Gasteiger partial charge is 0.508 e. The molecule has 0 radical (unpaired) electrons. The van der Waals surface area contributed by atoms with Crippen molar-refractivity contribution >= 4 is 23.6 Å². The van der Waals surface area contributed by atoms with Gasteiger partial charge in [-0.2, -0.15) is 5.10 Å². The van der Waals surface area contributed by atoms with Crippen molar-refractivity contribution in [3.8, 4) is 5.75 Å². The molecule has 0 unspecified atom stereocenters. The summed E-state index contributed by atoms with van der Waals surface area (Å²) in [5.41, 5.74) is 3.52. The Balaban J connectivity index is 2.03. The summed E-state index contributed by atoms with van der Waals surface area (Å²) in [4.78, 5) is 7.81. The van der Waals surface area contributed by atoms with Gasteiger partial charge in [-0.05, 0) is 29.8 Å². The third-order valence-electron chi connectivity index (χ3n) is 1.93. The first-order valence-electron chi connectivity index (χ1n) is 4.80. The Hall–Kier alpha value is -2.14. The molecule has 0 aliphatic carbocycles. The lowest BCUT2D eigenvalue weighted by atomic mass is 10.2. The number of hydrogen-bond acceptors (Lipinski definition) is 5. The molecule has 1 aromatic heterocycles. The van der Waals surface area contributed by atoms with Crippen molar-refractivity contribution in [2.45, 2.75) is 0 Å². The summed E-state index contributed by atoms with van der Waals surface area (Å²) in [7, 11) is 0. The van der Waals surface area contributed by atoms with Crippen LogP contribution >= 0.6 is 11.6 Å². The number of phenolic OH excluding ortho intramolecular Hbond substituents is 1. The van der Waals surface area contributed by atoms with E-state index in [9.17, 15) is 0 Å². The van der Waals surface area contributed by atoms with Gasteiger partial charge in [0, 0.05) is 12.4 Å². The van der Waals surface area contributed by atoms with Crippen LogP contribution in [0.1, 0.15) is 5.56 Å². The standard InChI is InChI=1S/C11H9ClN4O/c12-10-11(14-6-5-13-10)16-15-7-8-1-3-9(17)4-2-8/h1-7,17H,(H,14,16). The van der Waals surface area contributed by atoms with Gasteiger partial charge < -0.3 is 5.11 Å². The minimum Gasteiger partial charge on any atom is -0.508 e. The average molecular weight is 249 g/mol.